The number of amides is 1. The molecule has 0 aliphatic rings. The van der Waals surface area contributed by atoms with Gasteiger partial charge in [0, 0.05) is 6.54 Å². The number of sulfonamides is 1. The largest absolute Gasteiger partial charge is 0.344 e. The van der Waals surface area contributed by atoms with E-state index in [9.17, 15) is 13.2 Å². The van der Waals surface area contributed by atoms with Gasteiger partial charge in [-0.15, -0.1) is 0 Å². The Kier molecular flexibility index (Phi) is 7.03. The maximum Gasteiger partial charge on any atom is 0.236 e. The molecule has 1 amide bonds. The minimum absolute atomic E-state index is 0.146. The number of hydrogen-bond acceptors (Lipinski definition) is 3. The highest BCUT2D eigenvalue weighted by atomic mass is 32.2. The van der Waals surface area contributed by atoms with Crippen LogP contribution in [0.3, 0.4) is 0 Å². The molecule has 1 N–H and O–H groups in total. The second-order valence-electron chi connectivity index (χ2n) is 7.28. The van der Waals surface area contributed by atoms with Crippen LogP contribution in [0.2, 0.25) is 0 Å². The number of carbonyl (C=O) groups excluding carboxylic acids is 1. The van der Waals surface area contributed by atoms with Gasteiger partial charge in [0.2, 0.25) is 15.9 Å². The predicted molar refractivity (Wildman–Crippen MR) is 119 cm³/mol. The predicted octanol–water partition coefficient (Wildman–Crippen LogP) is 3.66. The Morgan fingerprint density at radius 2 is 1.47 bits per heavy atom. The van der Waals surface area contributed by atoms with Gasteiger partial charge in [-0.25, -0.2) is 8.42 Å². The van der Waals surface area contributed by atoms with Gasteiger partial charge in [0.25, 0.3) is 0 Å². The zero-order valence-electron chi connectivity index (χ0n) is 17.2. The van der Waals surface area contributed by atoms with E-state index in [2.05, 4.69) is 5.32 Å². The van der Waals surface area contributed by atoms with Crippen molar-refractivity contribution in [2.75, 3.05) is 12.8 Å². The average Bonchev–Trinajstić information content (AvgIpc) is 2.73. The molecule has 3 rings (SSSR count). The van der Waals surface area contributed by atoms with Crippen LogP contribution in [0.25, 0.3) is 0 Å². The molecule has 3 aromatic rings. The van der Waals surface area contributed by atoms with Gasteiger partial charge in [0.05, 0.1) is 18.8 Å². The molecule has 0 aliphatic carbocycles. The van der Waals surface area contributed by atoms with Crippen LogP contribution in [-0.2, 0) is 21.4 Å². The highest BCUT2D eigenvalue weighted by Gasteiger charge is 2.24. The van der Waals surface area contributed by atoms with Crippen LogP contribution in [0.5, 0.6) is 0 Å². The molecule has 156 valence electrons. The summed E-state index contributed by atoms with van der Waals surface area (Å²) in [6, 6.07) is 26.4. The molecule has 0 heterocycles. The van der Waals surface area contributed by atoms with Crippen LogP contribution in [0.4, 0.5) is 0 Å². The van der Waals surface area contributed by atoms with E-state index in [1.165, 1.54) is 4.31 Å². The molecule has 1 atom stereocenters. The van der Waals surface area contributed by atoms with Crippen LogP contribution >= 0.6 is 0 Å². The van der Waals surface area contributed by atoms with E-state index in [0.717, 1.165) is 28.5 Å². The zero-order valence-corrected chi connectivity index (χ0v) is 18.0. The van der Waals surface area contributed by atoms with Gasteiger partial charge in [0.15, 0.2) is 0 Å². The first-order chi connectivity index (χ1) is 14.3. The summed E-state index contributed by atoms with van der Waals surface area (Å²) >= 11 is 0. The number of nitrogens with one attached hydrogen (secondary N) is 1. The van der Waals surface area contributed by atoms with Crippen molar-refractivity contribution in [2.45, 2.75) is 19.5 Å². The Balaban J connectivity index is 1.83. The molecule has 6 heteroatoms. The van der Waals surface area contributed by atoms with E-state index in [0.29, 0.717) is 0 Å². The van der Waals surface area contributed by atoms with Crippen molar-refractivity contribution in [3.8, 4) is 0 Å². The molecule has 30 heavy (non-hydrogen) atoms. The summed E-state index contributed by atoms with van der Waals surface area (Å²) in [6.07, 6.45) is 1.12. The monoisotopic (exact) mass is 422 g/mol. The number of nitrogens with zero attached hydrogens (tertiary/aromatic N) is 1. The standard InChI is InChI=1S/C24H26N2O3S/c1-19-11-9-10-16-22(19)24(21-14-7-4-8-15-21)25-23(27)18-26(30(2,28)29)17-20-12-5-3-6-13-20/h3-16,24H,17-18H2,1-2H3,(H,25,27). The second kappa shape index (κ2) is 9.69. The molecular weight excluding hydrogens is 396 g/mol. The van der Waals surface area contributed by atoms with Gasteiger partial charge >= 0.3 is 0 Å². The first-order valence-corrected chi connectivity index (χ1v) is 11.6. The van der Waals surface area contributed by atoms with Crippen molar-refractivity contribution in [3.05, 3.63) is 107 Å². The maximum absolute atomic E-state index is 12.9. The lowest BCUT2D eigenvalue weighted by atomic mass is 9.95. The third-order valence-electron chi connectivity index (χ3n) is 4.93. The lowest BCUT2D eigenvalue weighted by Gasteiger charge is -2.24. The molecule has 0 aliphatic heterocycles. The van der Waals surface area contributed by atoms with Gasteiger partial charge in [0.1, 0.15) is 0 Å². The van der Waals surface area contributed by atoms with Crippen molar-refractivity contribution >= 4 is 15.9 Å². The number of carbonyl (C=O) groups is 1. The first-order valence-electron chi connectivity index (χ1n) is 9.73. The lowest BCUT2D eigenvalue weighted by Crippen LogP contribution is -2.41. The zero-order chi connectivity index (χ0) is 21.6. The van der Waals surface area contributed by atoms with Crippen LogP contribution in [0, 0.1) is 6.92 Å². The summed E-state index contributed by atoms with van der Waals surface area (Å²) in [5.74, 6) is -0.353. The molecule has 1 unspecified atom stereocenters. The molecule has 0 spiro atoms. The summed E-state index contributed by atoms with van der Waals surface area (Å²) in [5, 5.41) is 3.03. The number of hydrogen-bond donors (Lipinski definition) is 1. The van der Waals surface area contributed by atoms with Gasteiger partial charge in [-0.3, -0.25) is 4.79 Å². The minimum Gasteiger partial charge on any atom is -0.344 e. The highest BCUT2D eigenvalue weighted by Crippen LogP contribution is 2.25. The fourth-order valence-corrected chi connectivity index (χ4v) is 4.08. The molecule has 0 bridgehead atoms. The Hall–Kier alpha value is -2.96. The summed E-state index contributed by atoms with van der Waals surface area (Å²) in [4.78, 5) is 12.9. The van der Waals surface area contributed by atoms with E-state index in [1.54, 1.807) is 0 Å². The average molecular weight is 423 g/mol. The SMILES string of the molecule is Cc1ccccc1C(NC(=O)CN(Cc1ccccc1)S(C)(=O)=O)c1ccccc1. The van der Waals surface area contributed by atoms with E-state index in [4.69, 9.17) is 0 Å². The van der Waals surface area contributed by atoms with Gasteiger partial charge in [-0.05, 0) is 29.2 Å². The Morgan fingerprint density at radius 3 is 2.07 bits per heavy atom. The summed E-state index contributed by atoms with van der Waals surface area (Å²) in [7, 11) is -3.56. The van der Waals surface area contributed by atoms with Crippen molar-refractivity contribution in [2.24, 2.45) is 0 Å². The number of benzene rings is 3. The van der Waals surface area contributed by atoms with E-state index < -0.39 is 10.0 Å². The molecule has 3 aromatic carbocycles. The van der Waals surface area contributed by atoms with Gasteiger partial charge < -0.3 is 5.32 Å². The third kappa shape index (κ3) is 5.78. The van der Waals surface area contributed by atoms with E-state index in [-0.39, 0.29) is 25.0 Å². The first kappa shape index (κ1) is 21.7. The molecule has 0 aromatic heterocycles. The number of rotatable bonds is 8. The highest BCUT2D eigenvalue weighted by molar-refractivity contribution is 7.88. The minimum atomic E-state index is -3.56. The Morgan fingerprint density at radius 1 is 0.900 bits per heavy atom. The molecule has 0 saturated carbocycles. The number of aryl methyl sites for hydroxylation is 1. The summed E-state index contributed by atoms with van der Waals surface area (Å²) < 4.78 is 25.8. The topological polar surface area (TPSA) is 66.5 Å². The summed E-state index contributed by atoms with van der Waals surface area (Å²) in [5.41, 5.74) is 3.80. The fourth-order valence-electron chi connectivity index (χ4n) is 3.34. The van der Waals surface area contributed by atoms with Crippen LogP contribution in [0.1, 0.15) is 28.3 Å². The van der Waals surface area contributed by atoms with Crippen molar-refractivity contribution in [3.63, 3.8) is 0 Å². The van der Waals surface area contributed by atoms with Crippen molar-refractivity contribution in [1.29, 1.82) is 0 Å². The fraction of sp³-hybridized carbons (Fsp3) is 0.208. The van der Waals surface area contributed by atoms with Crippen molar-refractivity contribution < 1.29 is 13.2 Å². The molecule has 0 radical (unpaired) electrons. The molecule has 0 saturated heterocycles. The normalized spacial score (nSPS) is 12.5. The van der Waals surface area contributed by atoms with Crippen LogP contribution in [-0.4, -0.2) is 31.4 Å². The van der Waals surface area contributed by atoms with Crippen molar-refractivity contribution in [1.82, 2.24) is 9.62 Å². The summed E-state index contributed by atoms with van der Waals surface area (Å²) in [6.45, 7) is 1.89. The van der Waals surface area contributed by atoms with E-state index >= 15 is 0 Å². The second-order valence-corrected chi connectivity index (χ2v) is 9.27. The van der Waals surface area contributed by atoms with Gasteiger partial charge in [-0.1, -0.05) is 84.9 Å². The molecular formula is C24H26N2O3S. The Bertz CT molecular complexity index is 1080. The third-order valence-corrected chi connectivity index (χ3v) is 6.12. The van der Waals surface area contributed by atoms with Crippen LogP contribution in [0.15, 0.2) is 84.9 Å². The Labute approximate surface area is 178 Å². The lowest BCUT2D eigenvalue weighted by molar-refractivity contribution is -0.121. The van der Waals surface area contributed by atoms with Gasteiger partial charge in [-0.2, -0.15) is 4.31 Å². The quantitative estimate of drug-likeness (QED) is 0.602. The smallest absolute Gasteiger partial charge is 0.236 e. The molecule has 5 nitrogen and oxygen atoms in total. The molecule has 0 fully saturated rings. The van der Waals surface area contributed by atoms with E-state index in [1.807, 2.05) is 91.9 Å². The maximum atomic E-state index is 12.9. The van der Waals surface area contributed by atoms with Crippen LogP contribution < -0.4 is 5.32 Å².